The molecule has 2 atom stereocenters. The van der Waals surface area contributed by atoms with Gasteiger partial charge in [-0.1, -0.05) is 6.92 Å². The Morgan fingerprint density at radius 3 is 2.60 bits per heavy atom. The Labute approximate surface area is 123 Å². The number of piperidine rings is 1. The maximum absolute atomic E-state index is 12.1. The Hall–Kier alpha value is -0.650. The van der Waals surface area contributed by atoms with Crippen molar-refractivity contribution < 1.29 is 9.53 Å². The second-order valence-corrected chi connectivity index (χ2v) is 5.74. The molecule has 5 heteroatoms. The molecule has 2 unspecified atom stereocenters. The highest BCUT2D eigenvalue weighted by Gasteiger charge is 2.27. The number of rotatable bonds is 8. The molecule has 1 rings (SSSR count). The van der Waals surface area contributed by atoms with Crippen molar-refractivity contribution in [3.8, 4) is 0 Å². The monoisotopic (exact) mass is 285 g/mol. The van der Waals surface area contributed by atoms with Crippen LogP contribution in [0.5, 0.6) is 0 Å². The molecule has 1 aliphatic rings. The number of amides is 1. The quantitative estimate of drug-likeness (QED) is 0.656. The summed E-state index contributed by atoms with van der Waals surface area (Å²) in [7, 11) is 0. The van der Waals surface area contributed by atoms with Gasteiger partial charge in [0.1, 0.15) is 0 Å². The molecule has 1 saturated heterocycles. The van der Waals surface area contributed by atoms with Crippen molar-refractivity contribution in [3.05, 3.63) is 0 Å². The van der Waals surface area contributed by atoms with Gasteiger partial charge in [-0.3, -0.25) is 9.69 Å². The molecule has 0 aromatic rings. The molecule has 0 radical (unpaired) electrons. The van der Waals surface area contributed by atoms with Crippen molar-refractivity contribution in [2.75, 3.05) is 26.2 Å². The molecule has 0 aliphatic carbocycles. The fourth-order valence-corrected chi connectivity index (χ4v) is 2.39. The molecule has 0 spiro atoms. The second-order valence-electron chi connectivity index (χ2n) is 5.74. The maximum atomic E-state index is 12.1. The maximum Gasteiger partial charge on any atom is 0.237 e. The molecule has 0 aromatic heterocycles. The lowest BCUT2D eigenvalue weighted by Gasteiger charge is -2.35. The van der Waals surface area contributed by atoms with Crippen LogP contribution in [0, 0.1) is 0 Å². The first kappa shape index (κ1) is 17.4. The van der Waals surface area contributed by atoms with Gasteiger partial charge in [0, 0.05) is 25.7 Å². The Kier molecular flexibility index (Phi) is 8.11. The number of nitrogens with one attached hydrogen (secondary N) is 1. The highest BCUT2D eigenvalue weighted by atomic mass is 16.5. The van der Waals surface area contributed by atoms with Crippen molar-refractivity contribution in [1.29, 1.82) is 0 Å². The van der Waals surface area contributed by atoms with Gasteiger partial charge < -0.3 is 15.8 Å². The molecule has 1 amide bonds. The van der Waals surface area contributed by atoms with Crippen LogP contribution in [0.1, 0.15) is 46.5 Å². The Bertz CT molecular complexity index is 278. The zero-order valence-corrected chi connectivity index (χ0v) is 13.2. The zero-order valence-electron chi connectivity index (χ0n) is 13.2. The molecule has 0 aromatic carbocycles. The first-order valence-corrected chi connectivity index (χ1v) is 7.94. The van der Waals surface area contributed by atoms with Crippen LogP contribution in [0.3, 0.4) is 0 Å². The average molecular weight is 285 g/mol. The van der Waals surface area contributed by atoms with Crippen LogP contribution in [-0.4, -0.2) is 55.2 Å². The zero-order chi connectivity index (χ0) is 15.0. The predicted octanol–water partition coefficient (Wildman–Crippen LogP) is 1.12. The van der Waals surface area contributed by atoms with E-state index in [1.165, 1.54) is 0 Å². The fraction of sp³-hybridized carbons (Fsp3) is 0.933. The van der Waals surface area contributed by atoms with Crippen molar-refractivity contribution in [2.45, 2.75) is 64.6 Å². The van der Waals surface area contributed by atoms with E-state index in [-0.39, 0.29) is 18.0 Å². The fourth-order valence-electron chi connectivity index (χ4n) is 2.39. The van der Waals surface area contributed by atoms with E-state index < -0.39 is 0 Å². The van der Waals surface area contributed by atoms with Crippen LogP contribution in [-0.2, 0) is 9.53 Å². The number of nitrogens with two attached hydrogens (primary N) is 1. The third-order valence-electron chi connectivity index (χ3n) is 4.11. The van der Waals surface area contributed by atoms with Crippen molar-refractivity contribution in [3.63, 3.8) is 0 Å². The van der Waals surface area contributed by atoms with Crippen LogP contribution in [0.25, 0.3) is 0 Å². The predicted molar refractivity (Wildman–Crippen MR) is 81.6 cm³/mol. The topological polar surface area (TPSA) is 67.6 Å². The summed E-state index contributed by atoms with van der Waals surface area (Å²) >= 11 is 0. The number of hydrogen-bond acceptors (Lipinski definition) is 4. The number of likely N-dealkylation sites (tertiary alicyclic amines) is 1. The lowest BCUT2D eigenvalue weighted by Crippen LogP contribution is -2.50. The largest absolute Gasteiger partial charge is 0.378 e. The Morgan fingerprint density at radius 2 is 2.05 bits per heavy atom. The average Bonchev–Trinajstić information content (AvgIpc) is 2.47. The molecular weight excluding hydrogens is 254 g/mol. The Balaban J connectivity index is 2.27. The van der Waals surface area contributed by atoms with E-state index >= 15 is 0 Å². The van der Waals surface area contributed by atoms with Crippen LogP contribution in [0.2, 0.25) is 0 Å². The van der Waals surface area contributed by atoms with Crippen LogP contribution < -0.4 is 11.1 Å². The highest BCUT2D eigenvalue weighted by molar-refractivity contribution is 5.81. The highest BCUT2D eigenvalue weighted by Crippen LogP contribution is 2.16. The lowest BCUT2D eigenvalue weighted by atomic mass is 10.1. The third-order valence-corrected chi connectivity index (χ3v) is 4.11. The lowest BCUT2D eigenvalue weighted by molar-refractivity contribution is -0.127. The first-order valence-electron chi connectivity index (χ1n) is 7.94. The van der Waals surface area contributed by atoms with Gasteiger partial charge in [-0.15, -0.1) is 0 Å². The summed E-state index contributed by atoms with van der Waals surface area (Å²) in [5, 5.41) is 3.05. The summed E-state index contributed by atoms with van der Waals surface area (Å²) in [6.45, 7) is 9.43. The van der Waals surface area contributed by atoms with Gasteiger partial charge in [-0.05, 0) is 46.1 Å². The number of carbonyl (C=O) groups excluding carboxylic acids is 1. The molecular formula is C15H31N3O2. The van der Waals surface area contributed by atoms with E-state index in [0.717, 1.165) is 45.4 Å². The number of ether oxygens (including phenoxy) is 1. The van der Waals surface area contributed by atoms with E-state index in [2.05, 4.69) is 17.1 Å². The minimum Gasteiger partial charge on any atom is -0.378 e. The molecule has 1 heterocycles. The molecule has 0 saturated carbocycles. The molecule has 118 valence electrons. The smallest absolute Gasteiger partial charge is 0.237 e. The van der Waals surface area contributed by atoms with E-state index in [9.17, 15) is 4.79 Å². The van der Waals surface area contributed by atoms with Gasteiger partial charge in [0.05, 0.1) is 12.1 Å². The molecule has 0 bridgehead atoms. The summed E-state index contributed by atoms with van der Waals surface area (Å²) in [6.07, 6.45) is 4.24. The Morgan fingerprint density at radius 1 is 1.40 bits per heavy atom. The second kappa shape index (κ2) is 9.32. The molecule has 3 N–H and O–H groups in total. The van der Waals surface area contributed by atoms with Gasteiger partial charge in [0.25, 0.3) is 0 Å². The first-order chi connectivity index (χ1) is 9.58. The third kappa shape index (κ3) is 5.77. The van der Waals surface area contributed by atoms with Crippen LogP contribution in [0.15, 0.2) is 0 Å². The van der Waals surface area contributed by atoms with E-state index in [1.807, 2.05) is 13.8 Å². The van der Waals surface area contributed by atoms with Crippen LogP contribution in [0.4, 0.5) is 0 Å². The summed E-state index contributed by atoms with van der Waals surface area (Å²) < 4.78 is 5.79. The summed E-state index contributed by atoms with van der Waals surface area (Å²) in [6, 6.07) is 0.205. The summed E-state index contributed by atoms with van der Waals surface area (Å²) in [4.78, 5) is 14.4. The van der Waals surface area contributed by atoms with Gasteiger partial charge in [-0.2, -0.15) is 0 Å². The number of carbonyl (C=O) groups is 1. The van der Waals surface area contributed by atoms with E-state index in [0.29, 0.717) is 12.6 Å². The van der Waals surface area contributed by atoms with Crippen LogP contribution >= 0.6 is 0 Å². The van der Waals surface area contributed by atoms with Gasteiger partial charge >= 0.3 is 0 Å². The number of nitrogens with zero attached hydrogens (tertiary/aromatic N) is 1. The summed E-state index contributed by atoms with van der Waals surface area (Å²) in [5.41, 5.74) is 5.46. The molecule has 5 nitrogen and oxygen atoms in total. The normalized spacial score (nSPS) is 20.6. The molecule has 1 aliphatic heterocycles. The minimum absolute atomic E-state index is 0.0472. The van der Waals surface area contributed by atoms with E-state index in [1.54, 1.807) is 0 Å². The van der Waals surface area contributed by atoms with Crippen molar-refractivity contribution >= 4 is 5.91 Å². The van der Waals surface area contributed by atoms with Gasteiger partial charge in [0.15, 0.2) is 0 Å². The molecule has 1 fully saturated rings. The van der Waals surface area contributed by atoms with Gasteiger partial charge in [-0.25, -0.2) is 0 Å². The SMILES string of the molecule is CCC(C)NC(=O)C(C)N1CCC(OCCCN)CC1. The number of hydrogen-bond donors (Lipinski definition) is 2. The van der Waals surface area contributed by atoms with Crippen molar-refractivity contribution in [1.82, 2.24) is 10.2 Å². The standard InChI is InChI=1S/C15H31N3O2/c1-4-12(2)17-15(19)13(3)18-9-6-14(7-10-18)20-11-5-8-16/h12-14H,4-11,16H2,1-3H3,(H,17,19). The van der Waals surface area contributed by atoms with E-state index in [4.69, 9.17) is 10.5 Å². The van der Waals surface area contributed by atoms with Crippen molar-refractivity contribution in [2.24, 2.45) is 5.73 Å². The minimum atomic E-state index is -0.0472. The molecule has 20 heavy (non-hydrogen) atoms. The summed E-state index contributed by atoms with van der Waals surface area (Å²) in [5.74, 6) is 0.141. The van der Waals surface area contributed by atoms with Gasteiger partial charge in [0.2, 0.25) is 5.91 Å².